The third-order valence-corrected chi connectivity index (χ3v) is 3.82. The zero-order valence-electron chi connectivity index (χ0n) is 12.2. The summed E-state index contributed by atoms with van der Waals surface area (Å²) in [5.41, 5.74) is 1.14. The van der Waals surface area contributed by atoms with Crippen molar-refractivity contribution >= 4 is 29.4 Å². The first-order valence-electron chi connectivity index (χ1n) is 6.77. The molecular weight excluding hydrogens is 377 g/mol. The minimum atomic E-state index is -1.55. The van der Waals surface area contributed by atoms with Gasteiger partial charge in [-0.05, 0) is 36.4 Å². The van der Waals surface area contributed by atoms with Crippen LogP contribution in [-0.4, -0.2) is 21.0 Å². The Hall–Kier alpha value is -2.64. The van der Waals surface area contributed by atoms with Gasteiger partial charge in [0.2, 0.25) is 5.88 Å². The average molecular weight is 385 g/mol. The molecule has 1 heterocycles. The maximum absolute atomic E-state index is 13.4. The monoisotopic (exact) mass is 384 g/mol. The van der Waals surface area contributed by atoms with Crippen molar-refractivity contribution in [3.05, 3.63) is 64.1 Å². The summed E-state index contributed by atoms with van der Waals surface area (Å²) in [6.07, 6.45) is -1.55. The lowest BCUT2D eigenvalue weighted by Crippen LogP contribution is -2.04. The molecule has 0 bridgehead atoms. The summed E-state index contributed by atoms with van der Waals surface area (Å²) < 4.78 is 32.6. The highest BCUT2D eigenvalue weighted by Gasteiger charge is 2.16. The molecule has 3 aromatic rings. The van der Waals surface area contributed by atoms with Gasteiger partial charge in [-0.3, -0.25) is 0 Å². The quantitative estimate of drug-likeness (QED) is 0.631. The molecular formula is C16H8Cl2F2N2O3. The molecule has 0 saturated heterocycles. The lowest BCUT2D eigenvalue weighted by Gasteiger charge is -2.08. The van der Waals surface area contributed by atoms with Crippen LogP contribution in [0.5, 0.6) is 5.88 Å². The van der Waals surface area contributed by atoms with Crippen LogP contribution in [0.2, 0.25) is 10.0 Å². The normalized spacial score (nSPS) is 10.7. The molecule has 3 rings (SSSR count). The van der Waals surface area contributed by atoms with Gasteiger partial charge in [0.1, 0.15) is 11.6 Å². The number of rotatable bonds is 3. The van der Waals surface area contributed by atoms with Gasteiger partial charge in [-0.25, -0.2) is 18.3 Å². The summed E-state index contributed by atoms with van der Waals surface area (Å²) in [5.74, 6) is -1.45. The van der Waals surface area contributed by atoms with Gasteiger partial charge in [-0.15, -0.1) is 5.10 Å². The van der Waals surface area contributed by atoms with Crippen molar-refractivity contribution in [2.24, 2.45) is 0 Å². The number of hydrogen-bond acceptors (Lipinski definition) is 3. The minimum Gasteiger partial charge on any atom is -0.449 e. The van der Waals surface area contributed by atoms with Crippen molar-refractivity contribution in [2.75, 3.05) is 0 Å². The van der Waals surface area contributed by atoms with E-state index < -0.39 is 17.8 Å². The highest BCUT2D eigenvalue weighted by Crippen LogP contribution is 2.31. The lowest BCUT2D eigenvalue weighted by molar-refractivity contribution is 0.142. The van der Waals surface area contributed by atoms with E-state index in [2.05, 4.69) is 9.84 Å². The van der Waals surface area contributed by atoms with E-state index in [9.17, 15) is 13.6 Å². The molecule has 128 valence electrons. The van der Waals surface area contributed by atoms with Crippen LogP contribution in [0.1, 0.15) is 0 Å². The van der Waals surface area contributed by atoms with Crippen LogP contribution in [0.3, 0.4) is 0 Å². The van der Waals surface area contributed by atoms with Crippen LogP contribution in [0.15, 0.2) is 42.5 Å². The molecule has 0 atom stereocenters. The smallest absolute Gasteiger partial charge is 0.449 e. The molecule has 1 N–H and O–H groups in total. The van der Waals surface area contributed by atoms with E-state index in [0.717, 1.165) is 12.1 Å². The van der Waals surface area contributed by atoms with Crippen LogP contribution in [-0.2, 0) is 0 Å². The first-order valence-corrected chi connectivity index (χ1v) is 7.52. The van der Waals surface area contributed by atoms with Gasteiger partial charge in [-0.2, -0.15) is 0 Å². The Kier molecular flexibility index (Phi) is 4.61. The van der Waals surface area contributed by atoms with Crippen LogP contribution >= 0.6 is 23.2 Å². The fourth-order valence-corrected chi connectivity index (χ4v) is 2.53. The van der Waals surface area contributed by atoms with Crippen LogP contribution in [0.25, 0.3) is 16.9 Å². The minimum absolute atomic E-state index is 0.122. The van der Waals surface area contributed by atoms with Crippen LogP contribution in [0, 0.1) is 11.6 Å². The summed E-state index contributed by atoms with van der Waals surface area (Å²) in [4.78, 5) is 10.7. The Morgan fingerprint density at radius 2 is 1.68 bits per heavy atom. The summed E-state index contributed by atoms with van der Waals surface area (Å²) in [6, 6.07) is 9.11. The van der Waals surface area contributed by atoms with Gasteiger partial charge in [0, 0.05) is 11.6 Å². The van der Waals surface area contributed by atoms with Gasteiger partial charge >= 0.3 is 6.16 Å². The Morgan fingerprint density at radius 1 is 1.04 bits per heavy atom. The largest absolute Gasteiger partial charge is 0.512 e. The predicted molar refractivity (Wildman–Crippen MR) is 87.6 cm³/mol. The zero-order valence-corrected chi connectivity index (χ0v) is 13.7. The molecule has 0 saturated carbocycles. The molecule has 0 radical (unpaired) electrons. The molecule has 0 fully saturated rings. The second-order valence-corrected chi connectivity index (χ2v) is 5.69. The Morgan fingerprint density at radius 3 is 2.28 bits per heavy atom. The summed E-state index contributed by atoms with van der Waals surface area (Å²) >= 11 is 11.6. The molecule has 0 amide bonds. The summed E-state index contributed by atoms with van der Waals surface area (Å²) in [7, 11) is 0. The van der Waals surface area contributed by atoms with Crippen molar-refractivity contribution in [1.29, 1.82) is 0 Å². The Balaban J connectivity index is 2.18. The topological polar surface area (TPSA) is 64.3 Å². The zero-order chi connectivity index (χ0) is 18.1. The van der Waals surface area contributed by atoms with E-state index in [-0.39, 0.29) is 15.9 Å². The van der Waals surface area contributed by atoms with E-state index in [0.29, 0.717) is 16.9 Å². The molecule has 5 nitrogen and oxygen atoms in total. The number of nitrogens with zero attached hydrogens (tertiary/aromatic N) is 2. The SMILES string of the molecule is O=C(O)Oc1cc(-c2ccc(F)c(Cl)c2)n(-c2ccc(F)c(Cl)c2)n1. The van der Waals surface area contributed by atoms with Crippen molar-refractivity contribution < 1.29 is 23.4 Å². The van der Waals surface area contributed by atoms with Gasteiger partial charge in [-0.1, -0.05) is 23.2 Å². The number of carboxylic acid groups (broad SMARTS) is 1. The molecule has 0 unspecified atom stereocenters. The maximum atomic E-state index is 13.4. The van der Waals surface area contributed by atoms with Crippen molar-refractivity contribution in [3.8, 4) is 22.8 Å². The third kappa shape index (κ3) is 3.57. The predicted octanol–water partition coefficient (Wildman–Crippen LogP) is 5.18. The number of benzene rings is 2. The third-order valence-electron chi connectivity index (χ3n) is 3.24. The van der Waals surface area contributed by atoms with E-state index >= 15 is 0 Å². The molecule has 2 aromatic carbocycles. The standard InChI is InChI=1S/C16H8Cl2F2N2O3/c17-10-5-8(1-3-12(10)19)14-7-15(25-16(23)24)21-22(14)9-2-4-13(20)11(18)6-9/h1-7H,(H,23,24). The lowest BCUT2D eigenvalue weighted by atomic mass is 10.1. The number of hydrogen-bond donors (Lipinski definition) is 1. The Bertz CT molecular complexity index is 907. The van der Waals surface area contributed by atoms with Crippen molar-refractivity contribution in [3.63, 3.8) is 0 Å². The molecule has 0 aliphatic carbocycles. The number of aromatic nitrogens is 2. The van der Waals surface area contributed by atoms with Crippen molar-refractivity contribution in [2.45, 2.75) is 0 Å². The van der Waals surface area contributed by atoms with E-state index in [1.807, 2.05) is 0 Å². The number of halogens is 4. The van der Waals surface area contributed by atoms with E-state index in [1.165, 1.54) is 35.0 Å². The summed E-state index contributed by atoms with van der Waals surface area (Å²) in [6.45, 7) is 0. The fraction of sp³-hybridized carbons (Fsp3) is 0. The highest BCUT2D eigenvalue weighted by molar-refractivity contribution is 6.31. The van der Waals surface area contributed by atoms with E-state index in [1.54, 1.807) is 0 Å². The van der Waals surface area contributed by atoms with Gasteiger partial charge in [0.05, 0.1) is 21.4 Å². The van der Waals surface area contributed by atoms with Crippen molar-refractivity contribution in [1.82, 2.24) is 9.78 Å². The summed E-state index contributed by atoms with van der Waals surface area (Å²) in [5, 5.41) is 12.5. The first kappa shape index (κ1) is 17.2. The molecule has 0 aliphatic rings. The highest BCUT2D eigenvalue weighted by atomic mass is 35.5. The molecule has 0 spiro atoms. The van der Waals surface area contributed by atoms with Gasteiger partial charge < -0.3 is 9.84 Å². The maximum Gasteiger partial charge on any atom is 0.512 e. The molecule has 1 aromatic heterocycles. The average Bonchev–Trinajstić information content (AvgIpc) is 2.95. The molecule has 9 heteroatoms. The van der Waals surface area contributed by atoms with Crippen LogP contribution < -0.4 is 4.74 Å². The first-order chi connectivity index (χ1) is 11.8. The molecule has 25 heavy (non-hydrogen) atoms. The Labute approximate surface area is 150 Å². The van der Waals surface area contributed by atoms with Crippen LogP contribution in [0.4, 0.5) is 13.6 Å². The van der Waals surface area contributed by atoms with Gasteiger partial charge in [0.25, 0.3) is 0 Å². The molecule has 0 aliphatic heterocycles. The van der Waals surface area contributed by atoms with Gasteiger partial charge in [0.15, 0.2) is 0 Å². The second-order valence-electron chi connectivity index (χ2n) is 4.87. The number of carbonyl (C=O) groups is 1. The fourth-order valence-electron chi connectivity index (χ4n) is 2.17. The second kappa shape index (κ2) is 6.70. The number of ether oxygens (including phenoxy) is 1. The van der Waals surface area contributed by atoms with E-state index in [4.69, 9.17) is 28.3 Å².